The molecule has 1 spiro atoms. The molecule has 1 heterocycles. The summed E-state index contributed by atoms with van der Waals surface area (Å²) < 4.78 is 14.0. The molecule has 0 atom stereocenters. The maximum Gasteiger partial charge on any atom is 0.160 e. The van der Waals surface area contributed by atoms with Crippen LogP contribution in [-0.2, 0) is 5.41 Å². The van der Waals surface area contributed by atoms with Gasteiger partial charge in [-0.15, -0.1) is 0 Å². The largest absolute Gasteiger partial charge is 0.228 e. The zero-order valence-corrected chi connectivity index (χ0v) is 30.4. The maximum atomic E-state index is 14.0. The summed E-state index contributed by atoms with van der Waals surface area (Å²) in [5, 5.41) is 9.85. The molecule has 4 heteroatoms. The second-order valence-corrected chi connectivity index (χ2v) is 16.3. The molecule has 4 fully saturated rings. The number of benzene rings is 6. The summed E-state index contributed by atoms with van der Waals surface area (Å²) in [6.07, 6.45) is 6.71. The highest BCUT2D eigenvalue weighted by Gasteiger charge is 2.61. The number of nitriles is 1. The van der Waals surface area contributed by atoms with Crippen LogP contribution in [0.15, 0.2) is 146 Å². The molecule has 6 aromatic carbocycles. The van der Waals surface area contributed by atoms with Crippen molar-refractivity contribution in [1.29, 1.82) is 5.26 Å². The van der Waals surface area contributed by atoms with Crippen LogP contribution in [0.2, 0.25) is 0 Å². The van der Waals surface area contributed by atoms with Crippen LogP contribution in [0.4, 0.5) is 4.39 Å². The first-order valence-corrected chi connectivity index (χ1v) is 19.6. The van der Waals surface area contributed by atoms with Crippen LogP contribution < -0.4 is 0 Å². The van der Waals surface area contributed by atoms with Gasteiger partial charge in [-0.1, -0.05) is 97.1 Å². The van der Waals surface area contributed by atoms with E-state index in [9.17, 15) is 9.65 Å². The second-order valence-electron chi connectivity index (χ2n) is 16.3. The Morgan fingerprint density at radius 3 is 1.67 bits per heavy atom. The van der Waals surface area contributed by atoms with E-state index < -0.39 is 0 Å². The van der Waals surface area contributed by atoms with Gasteiger partial charge >= 0.3 is 0 Å². The van der Waals surface area contributed by atoms with Gasteiger partial charge in [0, 0.05) is 22.1 Å². The Kier molecular flexibility index (Phi) is 7.29. The van der Waals surface area contributed by atoms with E-state index in [-0.39, 0.29) is 11.2 Å². The Bertz CT molecular complexity index is 2630. The molecular formula is C51H38FN3. The van der Waals surface area contributed by atoms with Crippen LogP contribution in [0.3, 0.4) is 0 Å². The lowest BCUT2D eigenvalue weighted by molar-refractivity contribution is -0.0399. The Labute approximate surface area is 321 Å². The molecule has 5 aliphatic carbocycles. The van der Waals surface area contributed by atoms with Gasteiger partial charge in [-0.25, -0.2) is 14.4 Å². The fraction of sp³-hybridized carbons (Fsp3) is 0.196. The molecular weight excluding hydrogens is 674 g/mol. The van der Waals surface area contributed by atoms with E-state index >= 15 is 0 Å². The molecule has 3 nitrogen and oxygen atoms in total. The predicted molar refractivity (Wildman–Crippen MR) is 217 cm³/mol. The highest BCUT2D eigenvalue weighted by atomic mass is 19.1. The van der Waals surface area contributed by atoms with Crippen molar-refractivity contribution >= 4 is 0 Å². The van der Waals surface area contributed by atoms with Crippen molar-refractivity contribution in [2.75, 3.05) is 0 Å². The average Bonchev–Trinajstić information content (AvgIpc) is 3.52. The Balaban J connectivity index is 0.977. The average molecular weight is 712 g/mol. The number of halogens is 1. The van der Waals surface area contributed by atoms with Gasteiger partial charge in [-0.2, -0.15) is 5.26 Å². The van der Waals surface area contributed by atoms with Gasteiger partial charge in [0.15, 0.2) is 5.82 Å². The number of hydrogen-bond donors (Lipinski definition) is 0. The molecule has 0 aliphatic heterocycles. The normalized spacial score (nSPS) is 22.7. The summed E-state index contributed by atoms with van der Waals surface area (Å²) in [4.78, 5) is 10.1. The predicted octanol–water partition coefficient (Wildman–Crippen LogP) is 12.5. The third kappa shape index (κ3) is 5.14. The molecule has 4 bridgehead atoms. The third-order valence-electron chi connectivity index (χ3n) is 13.4. The zero-order valence-electron chi connectivity index (χ0n) is 30.4. The molecule has 0 N–H and O–H groups in total. The van der Waals surface area contributed by atoms with Crippen LogP contribution in [0.5, 0.6) is 0 Å². The van der Waals surface area contributed by atoms with Gasteiger partial charge in [0.1, 0.15) is 5.82 Å². The topological polar surface area (TPSA) is 49.6 Å². The SMILES string of the molecule is N#Cc1ccc2c(c1)-c1ccc(-c3ccc(-c4cc(-c5ccc(F)cc5)nc(-c5ccc(-c6ccccc6)cc5)n4)cc3)cc1C21C2CC3CC(C2)CC1C3. The highest BCUT2D eigenvalue weighted by Crippen LogP contribution is 2.69. The highest BCUT2D eigenvalue weighted by molar-refractivity contribution is 5.86. The van der Waals surface area contributed by atoms with Gasteiger partial charge in [-0.3, -0.25) is 0 Å². The summed E-state index contributed by atoms with van der Waals surface area (Å²) in [6.45, 7) is 0. The Morgan fingerprint density at radius 2 is 1.04 bits per heavy atom. The smallest absolute Gasteiger partial charge is 0.160 e. The number of hydrogen-bond acceptors (Lipinski definition) is 3. The molecule has 55 heavy (non-hydrogen) atoms. The number of aromatic nitrogens is 2. The Morgan fingerprint density at radius 1 is 0.491 bits per heavy atom. The summed E-state index contributed by atoms with van der Waals surface area (Å²) in [6, 6.07) is 51.9. The first-order chi connectivity index (χ1) is 27.0. The molecule has 5 aliphatic rings. The van der Waals surface area contributed by atoms with E-state index in [0.717, 1.165) is 56.6 Å². The quantitative estimate of drug-likeness (QED) is 0.179. The van der Waals surface area contributed by atoms with Gasteiger partial charge in [-0.05, 0) is 149 Å². The molecule has 0 unspecified atom stereocenters. The lowest BCUT2D eigenvalue weighted by Crippen LogP contribution is -2.55. The minimum Gasteiger partial charge on any atom is -0.228 e. The number of nitrogens with zero attached hydrogens (tertiary/aromatic N) is 3. The van der Waals surface area contributed by atoms with Crippen LogP contribution in [0, 0.1) is 40.8 Å². The third-order valence-corrected chi connectivity index (χ3v) is 13.4. The van der Waals surface area contributed by atoms with Crippen molar-refractivity contribution in [3.05, 3.63) is 168 Å². The second kappa shape index (κ2) is 12.4. The minimum atomic E-state index is -0.276. The van der Waals surface area contributed by atoms with Crippen molar-refractivity contribution in [2.24, 2.45) is 23.7 Å². The molecule has 1 aromatic heterocycles. The summed E-state index contributed by atoms with van der Waals surface area (Å²) >= 11 is 0. The number of fused-ring (bicyclic) bond motifs is 3. The van der Waals surface area contributed by atoms with Crippen LogP contribution in [0.1, 0.15) is 48.8 Å². The summed E-state index contributed by atoms with van der Waals surface area (Å²) in [5.41, 5.74) is 15.3. The summed E-state index contributed by atoms with van der Waals surface area (Å²) in [5.74, 6) is 3.40. The molecule has 0 saturated heterocycles. The van der Waals surface area contributed by atoms with Crippen LogP contribution in [0.25, 0.3) is 67.3 Å². The lowest BCUT2D eigenvalue weighted by atomic mass is 9.43. The first-order valence-electron chi connectivity index (χ1n) is 19.6. The zero-order chi connectivity index (χ0) is 36.7. The Hall–Kier alpha value is -6.18. The van der Waals surface area contributed by atoms with Crippen molar-refractivity contribution in [3.63, 3.8) is 0 Å². The number of rotatable bonds is 5. The van der Waals surface area contributed by atoms with E-state index in [1.165, 1.54) is 77.6 Å². The van der Waals surface area contributed by atoms with Crippen molar-refractivity contribution in [3.8, 4) is 73.4 Å². The van der Waals surface area contributed by atoms with Gasteiger partial charge in [0.05, 0.1) is 23.0 Å². The van der Waals surface area contributed by atoms with E-state index in [0.29, 0.717) is 17.7 Å². The van der Waals surface area contributed by atoms with Gasteiger partial charge < -0.3 is 0 Å². The standard InChI is InChI=1S/C51H38FN3/c52-43-18-15-38(16-19-43)49-29-48(54-50(55-49)39-13-9-35(10-14-39)34-4-2-1-3-5-34)37-11-7-36(8-12-37)40-17-20-44-45-27-31(30-53)6-21-46(45)51(47(44)28-40)41-23-32-22-33(25-41)26-42(51)24-32/h1-21,27-29,32-33,41-42H,22-26H2. The minimum absolute atomic E-state index is 0.0371. The van der Waals surface area contributed by atoms with E-state index in [2.05, 4.69) is 103 Å². The van der Waals surface area contributed by atoms with E-state index in [4.69, 9.17) is 9.97 Å². The molecule has 0 radical (unpaired) electrons. The fourth-order valence-electron chi connectivity index (χ4n) is 11.2. The van der Waals surface area contributed by atoms with E-state index in [1.54, 1.807) is 12.1 Å². The maximum absolute atomic E-state index is 14.0. The molecule has 264 valence electrons. The van der Waals surface area contributed by atoms with Gasteiger partial charge in [0.2, 0.25) is 0 Å². The van der Waals surface area contributed by atoms with Crippen molar-refractivity contribution in [2.45, 2.75) is 37.5 Å². The fourth-order valence-corrected chi connectivity index (χ4v) is 11.2. The molecule has 7 aromatic rings. The summed E-state index contributed by atoms with van der Waals surface area (Å²) in [7, 11) is 0. The molecule has 4 saturated carbocycles. The van der Waals surface area contributed by atoms with Crippen LogP contribution in [-0.4, -0.2) is 9.97 Å². The lowest BCUT2D eigenvalue weighted by Gasteiger charge is -2.61. The van der Waals surface area contributed by atoms with Crippen molar-refractivity contribution in [1.82, 2.24) is 9.97 Å². The molecule has 0 amide bonds. The van der Waals surface area contributed by atoms with E-state index in [1.807, 2.05) is 24.3 Å². The van der Waals surface area contributed by atoms with Gasteiger partial charge in [0.25, 0.3) is 0 Å². The van der Waals surface area contributed by atoms with Crippen LogP contribution >= 0.6 is 0 Å². The van der Waals surface area contributed by atoms with Crippen molar-refractivity contribution < 1.29 is 4.39 Å². The first kappa shape index (κ1) is 32.3. The molecule has 12 rings (SSSR count). The monoisotopic (exact) mass is 711 g/mol.